The number of carbonyl (C=O) groups excluding carboxylic acids is 1. The fourth-order valence-electron chi connectivity index (χ4n) is 2.32. The minimum Gasteiger partial charge on any atom is -0.496 e. The maximum atomic E-state index is 12.2. The van der Waals surface area contributed by atoms with Crippen molar-refractivity contribution in [1.29, 1.82) is 0 Å². The lowest BCUT2D eigenvalue weighted by atomic mass is 10.1. The van der Waals surface area contributed by atoms with Crippen molar-refractivity contribution in [3.8, 4) is 34.6 Å². The van der Waals surface area contributed by atoms with E-state index in [9.17, 15) is 4.79 Å². The van der Waals surface area contributed by atoms with Crippen LogP contribution < -0.4 is 14.8 Å². The Hall–Kier alpha value is -3.79. The minimum absolute atomic E-state index is 0.207. The normalized spacial score (nSPS) is 9.81. The molecule has 7 heteroatoms. The fourth-order valence-corrected chi connectivity index (χ4v) is 2.32. The van der Waals surface area contributed by atoms with Gasteiger partial charge < -0.3 is 14.8 Å². The van der Waals surface area contributed by atoms with Crippen molar-refractivity contribution in [2.45, 2.75) is 0 Å². The number of aromatic nitrogens is 3. The molecule has 0 aliphatic carbocycles. The standard InChI is InChI=1S/C20H18N4O3/c1-26-19-9-3-2-8-16(19)17-13-18(24-23-17)20(25)22-11-4-5-12-27-15-7-6-10-21-14-15/h2-3,6-10,13-14H,11-12H2,1H3,(H,22,25)(H,23,24). The number of nitrogens with one attached hydrogen (secondary N) is 2. The third kappa shape index (κ3) is 4.86. The average molecular weight is 362 g/mol. The summed E-state index contributed by atoms with van der Waals surface area (Å²) in [6.45, 7) is 0.432. The Balaban J connectivity index is 1.51. The number of aromatic amines is 1. The van der Waals surface area contributed by atoms with Crippen molar-refractivity contribution < 1.29 is 14.3 Å². The van der Waals surface area contributed by atoms with E-state index < -0.39 is 0 Å². The molecule has 0 aliphatic heterocycles. The third-order valence-corrected chi connectivity index (χ3v) is 3.61. The molecule has 0 bridgehead atoms. The molecule has 3 aromatic rings. The summed E-state index contributed by atoms with van der Waals surface area (Å²) in [6.07, 6.45) is 3.28. The number of H-pyrrole nitrogens is 1. The summed E-state index contributed by atoms with van der Waals surface area (Å²) in [5.74, 6) is 6.72. The lowest BCUT2D eigenvalue weighted by molar-refractivity contribution is 0.0953. The van der Waals surface area contributed by atoms with Gasteiger partial charge in [0.15, 0.2) is 0 Å². The number of amides is 1. The lowest BCUT2D eigenvalue weighted by Gasteiger charge is -2.04. The molecule has 0 saturated carbocycles. The molecule has 7 nitrogen and oxygen atoms in total. The van der Waals surface area contributed by atoms with Crippen molar-refractivity contribution in [2.75, 3.05) is 20.3 Å². The van der Waals surface area contributed by atoms with E-state index in [2.05, 4.69) is 32.3 Å². The predicted octanol–water partition coefficient (Wildman–Crippen LogP) is 2.29. The van der Waals surface area contributed by atoms with Crippen LogP contribution in [0.15, 0.2) is 54.9 Å². The number of hydrogen-bond acceptors (Lipinski definition) is 5. The van der Waals surface area contributed by atoms with Crippen LogP contribution in [0.5, 0.6) is 11.5 Å². The number of rotatable bonds is 6. The van der Waals surface area contributed by atoms with Crippen molar-refractivity contribution in [3.63, 3.8) is 0 Å². The predicted molar refractivity (Wildman–Crippen MR) is 100 cm³/mol. The highest BCUT2D eigenvalue weighted by Crippen LogP contribution is 2.28. The summed E-state index contributed by atoms with van der Waals surface area (Å²) in [6, 6.07) is 12.7. The highest BCUT2D eigenvalue weighted by molar-refractivity contribution is 5.93. The second-order valence-electron chi connectivity index (χ2n) is 5.38. The van der Waals surface area contributed by atoms with Crippen LogP contribution in [0.25, 0.3) is 11.3 Å². The van der Waals surface area contributed by atoms with Crippen molar-refractivity contribution in [1.82, 2.24) is 20.5 Å². The summed E-state index contributed by atoms with van der Waals surface area (Å²) in [5, 5.41) is 9.62. The largest absolute Gasteiger partial charge is 0.496 e. The number of carbonyl (C=O) groups is 1. The number of pyridine rings is 1. The van der Waals surface area contributed by atoms with Crippen LogP contribution in [-0.2, 0) is 0 Å². The topological polar surface area (TPSA) is 89.1 Å². The molecular formula is C20H18N4O3. The van der Waals surface area contributed by atoms with E-state index in [0.717, 1.165) is 5.56 Å². The van der Waals surface area contributed by atoms with Crippen molar-refractivity contribution in [3.05, 3.63) is 60.6 Å². The Morgan fingerprint density at radius 2 is 2.11 bits per heavy atom. The van der Waals surface area contributed by atoms with Crippen LogP contribution in [-0.4, -0.2) is 41.3 Å². The van der Waals surface area contributed by atoms with Crippen molar-refractivity contribution >= 4 is 5.91 Å². The molecule has 3 rings (SSSR count). The first kappa shape index (κ1) is 18.0. The molecule has 0 fully saturated rings. The number of benzene rings is 1. The molecule has 1 aromatic carbocycles. The Morgan fingerprint density at radius 1 is 1.22 bits per heavy atom. The first-order chi connectivity index (χ1) is 13.3. The number of para-hydroxylation sites is 1. The second-order valence-corrected chi connectivity index (χ2v) is 5.38. The summed E-state index contributed by atoms with van der Waals surface area (Å²) in [4.78, 5) is 16.1. The Labute approximate surface area is 156 Å². The van der Waals surface area contributed by atoms with Gasteiger partial charge in [0.05, 0.1) is 25.5 Å². The van der Waals surface area contributed by atoms with E-state index in [1.165, 1.54) is 0 Å². The summed E-state index contributed by atoms with van der Waals surface area (Å²) in [5.41, 5.74) is 1.79. The number of hydrogen-bond donors (Lipinski definition) is 2. The lowest BCUT2D eigenvalue weighted by Crippen LogP contribution is -2.24. The van der Waals surface area contributed by atoms with E-state index in [4.69, 9.17) is 9.47 Å². The number of methoxy groups -OCH3 is 1. The molecule has 2 aromatic heterocycles. The van der Waals surface area contributed by atoms with Crippen LogP contribution in [0.1, 0.15) is 10.5 Å². The van der Waals surface area contributed by atoms with Gasteiger partial charge in [-0.25, -0.2) is 0 Å². The van der Waals surface area contributed by atoms with Crippen molar-refractivity contribution in [2.24, 2.45) is 0 Å². The van der Waals surface area contributed by atoms with E-state index in [1.807, 2.05) is 24.3 Å². The Morgan fingerprint density at radius 3 is 2.93 bits per heavy atom. The second kappa shape index (κ2) is 9.06. The molecule has 0 saturated heterocycles. The quantitative estimate of drug-likeness (QED) is 0.657. The summed E-state index contributed by atoms with van der Waals surface area (Å²) >= 11 is 0. The highest BCUT2D eigenvalue weighted by Gasteiger charge is 2.12. The Bertz CT molecular complexity index is 958. The van der Waals surface area contributed by atoms with Gasteiger partial charge in [-0.05, 0) is 30.3 Å². The SMILES string of the molecule is COc1ccccc1-c1cc(C(=O)NCC#CCOc2cccnc2)[nH]n1. The number of nitrogens with zero attached hydrogens (tertiary/aromatic N) is 2. The van der Waals surface area contributed by atoms with Gasteiger partial charge in [0.25, 0.3) is 5.91 Å². The van der Waals surface area contributed by atoms with Gasteiger partial charge in [0.2, 0.25) is 0 Å². The zero-order chi connectivity index (χ0) is 18.9. The molecule has 0 atom stereocenters. The van der Waals surface area contributed by atoms with Crippen LogP contribution >= 0.6 is 0 Å². The number of ether oxygens (including phenoxy) is 2. The van der Waals surface area contributed by atoms with E-state index >= 15 is 0 Å². The maximum Gasteiger partial charge on any atom is 0.270 e. The maximum absolute atomic E-state index is 12.2. The highest BCUT2D eigenvalue weighted by atomic mass is 16.5. The van der Waals surface area contributed by atoms with Crippen LogP contribution in [0.2, 0.25) is 0 Å². The van der Waals surface area contributed by atoms with Crippen LogP contribution in [0.3, 0.4) is 0 Å². The zero-order valence-corrected chi connectivity index (χ0v) is 14.7. The van der Waals surface area contributed by atoms with Gasteiger partial charge in [-0.3, -0.25) is 14.9 Å². The molecule has 0 unspecified atom stereocenters. The first-order valence-corrected chi connectivity index (χ1v) is 8.23. The molecule has 2 N–H and O–H groups in total. The summed E-state index contributed by atoms with van der Waals surface area (Å²) < 4.78 is 10.7. The van der Waals surface area contributed by atoms with Gasteiger partial charge in [-0.15, -0.1) is 0 Å². The fraction of sp³-hybridized carbons (Fsp3) is 0.150. The van der Waals surface area contributed by atoms with Crippen LogP contribution in [0, 0.1) is 11.8 Å². The molecule has 136 valence electrons. The Kier molecular flexibility index (Phi) is 6.04. The minimum atomic E-state index is -0.286. The van der Waals surface area contributed by atoms with E-state index in [0.29, 0.717) is 22.9 Å². The van der Waals surface area contributed by atoms with Gasteiger partial charge >= 0.3 is 0 Å². The molecular weight excluding hydrogens is 344 g/mol. The van der Waals surface area contributed by atoms with Gasteiger partial charge in [-0.2, -0.15) is 5.10 Å². The zero-order valence-electron chi connectivity index (χ0n) is 14.7. The van der Waals surface area contributed by atoms with Gasteiger partial charge in [-0.1, -0.05) is 24.0 Å². The average Bonchev–Trinajstić information content (AvgIpc) is 3.21. The first-order valence-electron chi connectivity index (χ1n) is 8.23. The van der Waals surface area contributed by atoms with Crippen LogP contribution in [0.4, 0.5) is 0 Å². The molecule has 1 amide bonds. The smallest absolute Gasteiger partial charge is 0.270 e. The molecule has 2 heterocycles. The monoisotopic (exact) mass is 362 g/mol. The van der Waals surface area contributed by atoms with Gasteiger partial charge in [0, 0.05) is 11.8 Å². The molecule has 27 heavy (non-hydrogen) atoms. The van der Waals surface area contributed by atoms with E-state index in [-0.39, 0.29) is 19.1 Å². The summed E-state index contributed by atoms with van der Waals surface area (Å²) in [7, 11) is 1.59. The third-order valence-electron chi connectivity index (χ3n) is 3.61. The van der Waals surface area contributed by atoms with Gasteiger partial charge in [0.1, 0.15) is 23.8 Å². The van der Waals surface area contributed by atoms with E-state index in [1.54, 1.807) is 37.7 Å². The molecule has 0 radical (unpaired) electrons. The molecule has 0 aliphatic rings. The molecule has 0 spiro atoms.